The highest BCUT2D eigenvalue weighted by Gasteiger charge is 2.17. The van der Waals surface area contributed by atoms with E-state index in [1.54, 1.807) is 12.4 Å². The van der Waals surface area contributed by atoms with Crippen molar-refractivity contribution in [1.29, 1.82) is 0 Å². The smallest absolute Gasteiger partial charge is 0.334 e. The summed E-state index contributed by atoms with van der Waals surface area (Å²) < 4.78 is 0. The molecule has 0 saturated carbocycles. The Morgan fingerprint density at radius 2 is 2.28 bits per heavy atom. The molecule has 0 aliphatic heterocycles. The van der Waals surface area contributed by atoms with E-state index in [4.69, 9.17) is 10.2 Å². The number of carboxylic acid groups (broad SMARTS) is 1. The number of aromatic nitrogens is 2. The minimum Gasteiger partial charge on any atom is -0.479 e. The molecule has 8 nitrogen and oxygen atoms in total. The van der Waals surface area contributed by atoms with Crippen molar-refractivity contribution >= 4 is 12.0 Å². The lowest BCUT2D eigenvalue weighted by Crippen LogP contribution is -2.43. The summed E-state index contributed by atoms with van der Waals surface area (Å²) in [4.78, 5) is 28.7. The molecule has 1 rings (SSSR count). The van der Waals surface area contributed by atoms with Gasteiger partial charge in [-0.25, -0.2) is 14.6 Å². The third-order valence-electron chi connectivity index (χ3n) is 2.30. The molecule has 1 heterocycles. The van der Waals surface area contributed by atoms with Gasteiger partial charge < -0.3 is 25.8 Å². The molecular weight excluding hydrogens is 240 g/mol. The lowest BCUT2D eigenvalue weighted by molar-refractivity contribution is -0.146. The van der Waals surface area contributed by atoms with Crippen LogP contribution in [0.4, 0.5) is 4.79 Å². The van der Waals surface area contributed by atoms with Crippen LogP contribution in [0.3, 0.4) is 0 Å². The van der Waals surface area contributed by atoms with Crippen LogP contribution in [-0.2, 0) is 4.79 Å². The molecule has 100 valence electrons. The topological polar surface area (TPSA) is 127 Å². The van der Waals surface area contributed by atoms with E-state index in [9.17, 15) is 9.59 Å². The highest BCUT2D eigenvalue weighted by atomic mass is 16.4. The van der Waals surface area contributed by atoms with Crippen molar-refractivity contribution in [3.8, 4) is 0 Å². The van der Waals surface area contributed by atoms with Crippen LogP contribution >= 0.6 is 0 Å². The minimum absolute atomic E-state index is 0.290. The summed E-state index contributed by atoms with van der Waals surface area (Å²) in [6, 6.07) is -0.847. The molecule has 2 amide bonds. The summed E-state index contributed by atoms with van der Waals surface area (Å²) in [7, 11) is 0. The Labute approximate surface area is 103 Å². The van der Waals surface area contributed by atoms with Gasteiger partial charge >= 0.3 is 12.0 Å². The first-order valence-electron chi connectivity index (χ1n) is 5.49. The zero-order valence-electron chi connectivity index (χ0n) is 9.88. The van der Waals surface area contributed by atoms with E-state index in [1.165, 1.54) is 0 Å². The molecule has 0 radical (unpaired) electrons. The third kappa shape index (κ3) is 4.06. The van der Waals surface area contributed by atoms with Crippen LogP contribution in [-0.4, -0.2) is 44.8 Å². The molecule has 0 aliphatic rings. The summed E-state index contributed by atoms with van der Waals surface area (Å²) in [5.74, 6) is -0.764. The van der Waals surface area contributed by atoms with Gasteiger partial charge in [-0.05, 0) is 6.42 Å². The minimum atomic E-state index is -1.61. The van der Waals surface area contributed by atoms with Gasteiger partial charge in [-0.3, -0.25) is 0 Å². The van der Waals surface area contributed by atoms with Gasteiger partial charge in [-0.15, -0.1) is 0 Å². The van der Waals surface area contributed by atoms with Crippen molar-refractivity contribution in [3.63, 3.8) is 0 Å². The number of amides is 2. The summed E-state index contributed by atoms with van der Waals surface area (Å²) in [5.41, 5.74) is 0. The van der Waals surface area contributed by atoms with E-state index < -0.39 is 18.1 Å². The van der Waals surface area contributed by atoms with Crippen molar-refractivity contribution in [3.05, 3.63) is 18.2 Å². The highest BCUT2D eigenvalue weighted by Crippen LogP contribution is 2.10. The SMILES string of the molecule is CCC(NC(=O)NC[C@H](O)C(=O)O)c1ncc[nH]1. The number of urea groups is 1. The molecular formula is C10H16N4O4. The second kappa shape index (κ2) is 6.60. The van der Waals surface area contributed by atoms with Gasteiger partial charge in [-0.2, -0.15) is 0 Å². The summed E-state index contributed by atoms with van der Waals surface area (Å²) in [5, 5.41) is 22.3. The molecule has 0 fully saturated rings. The van der Waals surface area contributed by atoms with Gasteiger partial charge in [0, 0.05) is 12.4 Å². The number of hydrogen-bond donors (Lipinski definition) is 5. The number of H-pyrrole nitrogens is 1. The van der Waals surface area contributed by atoms with E-state index >= 15 is 0 Å². The van der Waals surface area contributed by atoms with Crippen molar-refractivity contribution in [2.75, 3.05) is 6.54 Å². The van der Waals surface area contributed by atoms with Crippen LogP contribution in [0, 0.1) is 0 Å². The summed E-state index contributed by atoms with van der Waals surface area (Å²) >= 11 is 0. The third-order valence-corrected chi connectivity index (χ3v) is 2.30. The zero-order chi connectivity index (χ0) is 13.5. The Morgan fingerprint density at radius 1 is 1.56 bits per heavy atom. The Balaban J connectivity index is 2.41. The molecule has 8 heteroatoms. The number of carbonyl (C=O) groups is 2. The van der Waals surface area contributed by atoms with Crippen molar-refractivity contribution in [2.45, 2.75) is 25.5 Å². The largest absolute Gasteiger partial charge is 0.479 e. The van der Waals surface area contributed by atoms with Gasteiger partial charge in [0.2, 0.25) is 0 Å². The first-order valence-corrected chi connectivity index (χ1v) is 5.49. The monoisotopic (exact) mass is 256 g/mol. The van der Waals surface area contributed by atoms with E-state index in [-0.39, 0.29) is 12.6 Å². The molecule has 1 aromatic heterocycles. The fourth-order valence-electron chi connectivity index (χ4n) is 1.32. The number of aromatic amines is 1. The van der Waals surface area contributed by atoms with Crippen molar-refractivity contribution in [1.82, 2.24) is 20.6 Å². The molecule has 2 atom stereocenters. The standard InChI is InChI=1S/C10H16N4O4/c1-2-6(8-11-3-4-12-8)14-10(18)13-5-7(15)9(16)17/h3-4,6-7,15H,2,5H2,1H3,(H,11,12)(H,16,17)(H2,13,14,18)/t6?,7-/m0/s1. The number of rotatable bonds is 6. The fraction of sp³-hybridized carbons (Fsp3) is 0.500. The Kier molecular flexibility index (Phi) is 5.12. The lowest BCUT2D eigenvalue weighted by atomic mass is 10.2. The number of aliphatic carboxylic acids is 1. The molecule has 0 spiro atoms. The van der Waals surface area contributed by atoms with Crippen LogP contribution in [0.25, 0.3) is 0 Å². The maximum Gasteiger partial charge on any atom is 0.334 e. The maximum absolute atomic E-state index is 11.5. The number of nitrogens with zero attached hydrogens (tertiary/aromatic N) is 1. The number of nitrogens with one attached hydrogen (secondary N) is 3. The molecule has 1 unspecified atom stereocenters. The van der Waals surface area contributed by atoms with E-state index in [0.717, 1.165) is 0 Å². The van der Waals surface area contributed by atoms with Crippen LogP contribution in [0.2, 0.25) is 0 Å². The van der Waals surface area contributed by atoms with E-state index in [1.807, 2.05) is 6.92 Å². The number of hydrogen-bond acceptors (Lipinski definition) is 4. The predicted octanol–water partition coefficient (Wildman–Crippen LogP) is -0.394. The van der Waals surface area contributed by atoms with Crippen LogP contribution in [0.15, 0.2) is 12.4 Å². The van der Waals surface area contributed by atoms with Gasteiger partial charge in [0.05, 0.1) is 12.6 Å². The maximum atomic E-state index is 11.5. The number of aliphatic hydroxyl groups excluding tert-OH is 1. The lowest BCUT2D eigenvalue weighted by Gasteiger charge is -2.15. The van der Waals surface area contributed by atoms with Gasteiger partial charge in [0.25, 0.3) is 0 Å². The predicted molar refractivity (Wildman–Crippen MR) is 61.8 cm³/mol. The molecule has 0 saturated heterocycles. The summed E-state index contributed by atoms with van der Waals surface area (Å²) in [6.45, 7) is 1.52. The van der Waals surface area contributed by atoms with E-state index in [2.05, 4.69) is 20.6 Å². The Hall–Kier alpha value is -2.09. The second-order valence-corrected chi connectivity index (χ2v) is 3.64. The molecule has 1 aromatic rings. The van der Waals surface area contributed by atoms with Gasteiger partial charge in [0.15, 0.2) is 6.10 Å². The van der Waals surface area contributed by atoms with Gasteiger partial charge in [-0.1, -0.05) is 6.92 Å². The first-order chi connectivity index (χ1) is 8.54. The molecule has 0 aliphatic carbocycles. The van der Waals surface area contributed by atoms with E-state index in [0.29, 0.717) is 12.2 Å². The highest BCUT2D eigenvalue weighted by molar-refractivity contribution is 5.76. The Morgan fingerprint density at radius 3 is 2.78 bits per heavy atom. The molecule has 5 N–H and O–H groups in total. The van der Waals surface area contributed by atoms with Crippen molar-refractivity contribution < 1.29 is 19.8 Å². The number of imidazole rings is 1. The quantitative estimate of drug-likeness (QED) is 0.473. The van der Waals surface area contributed by atoms with Crippen LogP contribution < -0.4 is 10.6 Å². The average Bonchev–Trinajstić information content (AvgIpc) is 2.86. The number of aliphatic hydroxyl groups is 1. The van der Waals surface area contributed by atoms with Crippen LogP contribution in [0.5, 0.6) is 0 Å². The normalized spacial score (nSPS) is 13.7. The zero-order valence-corrected chi connectivity index (χ0v) is 9.88. The van der Waals surface area contributed by atoms with Crippen molar-refractivity contribution in [2.24, 2.45) is 0 Å². The van der Waals surface area contributed by atoms with Crippen LogP contribution in [0.1, 0.15) is 25.2 Å². The fourth-order valence-corrected chi connectivity index (χ4v) is 1.32. The molecule has 0 bridgehead atoms. The summed E-state index contributed by atoms with van der Waals surface area (Å²) in [6.07, 6.45) is 2.24. The number of carboxylic acids is 1. The average molecular weight is 256 g/mol. The van der Waals surface area contributed by atoms with Gasteiger partial charge in [0.1, 0.15) is 5.82 Å². The second-order valence-electron chi connectivity index (χ2n) is 3.64. The first kappa shape index (κ1) is 14.0. The Bertz CT molecular complexity index is 393. The number of carbonyl (C=O) groups excluding carboxylic acids is 1. The molecule has 18 heavy (non-hydrogen) atoms. The molecule has 0 aromatic carbocycles.